The minimum absolute atomic E-state index is 0.420. The molecule has 1 aromatic heterocycles. The Morgan fingerprint density at radius 1 is 0.333 bits per heavy atom. The Bertz CT molecular complexity index is 3010. The third kappa shape index (κ3) is 5.37. The number of para-hydroxylation sites is 1. The first-order valence-electron chi connectivity index (χ1n) is 19.6. The Hall–Kier alpha value is -7.00. The molecule has 0 atom stereocenters. The highest BCUT2D eigenvalue weighted by Crippen LogP contribution is 2.56. The standard InChI is InChI=1S/C55H37NS/c1-4-16-38(17-5-1)39-30-33-44(34-31-39)56(43-21-8-3-9-22-43)45-23-14-18-40(36-45)46-26-15-27-50-49-35-32-42(37-53(49)57-54(46)50)55(41-19-6-2-7-20-41)51-28-12-10-24-47(51)48-25-11-13-29-52(48)55/h1-37H. The van der Waals surface area contributed by atoms with Crippen molar-refractivity contribution >= 4 is 48.6 Å². The van der Waals surface area contributed by atoms with Crippen molar-refractivity contribution in [3.05, 3.63) is 247 Å². The second-order valence-corrected chi connectivity index (χ2v) is 15.9. The van der Waals surface area contributed by atoms with Crippen molar-refractivity contribution in [1.82, 2.24) is 0 Å². The maximum absolute atomic E-state index is 2.47. The lowest BCUT2D eigenvalue weighted by molar-refractivity contribution is 0.770. The molecule has 57 heavy (non-hydrogen) atoms. The normalized spacial score (nSPS) is 12.7. The van der Waals surface area contributed by atoms with E-state index in [0.29, 0.717) is 0 Å². The average Bonchev–Trinajstić information content (AvgIpc) is 3.82. The van der Waals surface area contributed by atoms with E-state index in [0.717, 1.165) is 17.1 Å². The minimum Gasteiger partial charge on any atom is -0.310 e. The van der Waals surface area contributed by atoms with Gasteiger partial charge in [-0.05, 0) is 98.1 Å². The van der Waals surface area contributed by atoms with Gasteiger partial charge in [0.2, 0.25) is 0 Å². The fourth-order valence-corrected chi connectivity index (χ4v) is 10.5. The van der Waals surface area contributed by atoms with Crippen LogP contribution in [-0.4, -0.2) is 0 Å². The highest BCUT2D eigenvalue weighted by atomic mass is 32.1. The maximum Gasteiger partial charge on any atom is 0.0714 e. The van der Waals surface area contributed by atoms with Crippen molar-refractivity contribution in [2.75, 3.05) is 4.90 Å². The summed E-state index contributed by atoms with van der Waals surface area (Å²) in [5.41, 5.74) is 15.7. The van der Waals surface area contributed by atoms with Crippen molar-refractivity contribution in [2.24, 2.45) is 0 Å². The van der Waals surface area contributed by atoms with Gasteiger partial charge in [0.25, 0.3) is 0 Å². The molecule has 0 saturated heterocycles. The predicted molar refractivity (Wildman–Crippen MR) is 242 cm³/mol. The van der Waals surface area contributed by atoms with Gasteiger partial charge >= 0.3 is 0 Å². The van der Waals surface area contributed by atoms with Crippen LogP contribution in [0.25, 0.3) is 53.6 Å². The first-order chi connectivity index (χ1) is 28.3. The number of thiophene rings is 1. The SMILES string of the molecule is c1ccc(-c2ccc(N(c3ccccc3)c3cccc(-c4cccc5c4sc4cc(C6(c7ccccc7)c7ccccc7-c7ccccc76)ccc45)c3)cc2)cc1. The van der Waals surface area contributed by atoms with Gasteiger partial charge in [0.05, 0.1) is 5.41 Å². The molecule has 0 N–H and O–H groups in total. The first kappa shape index (κ1) is 33.3. The lowest BCUT2D eigenvalue weighted by Gasteiger charge is -2.33. The summed E-state index contributed by atoms with van der Waals surface area (Å²) in [6.45, 7) is 0. The van der Waals surface area contributed by atoms with Gasteiger partial charge in [0.15, 0.2) is 0 Å². The molecule has 9 aromatic carbocycles. The molecular weight excluding hydrogens is 707 g/mol. The highest BCUT2D eigenvalue weighted by molar-refractivity contribution is 7.26. The van der Waals surface area contributed by atoms with E-state index in [4.69, 9.17) is 0 Å². The summed E-state index contributed by atoms with van der Waals surface area (Å²) in [5, 5.41) is 2.59. The van der Waals surface area contributed by atoms with Gasteiger partial charge in [0, 0.05) is 37.2 Å². The molecular formula is C55H37NS. The zero-order valence-electron chi connectivity index (χ0n) is 31.2. The highest BCUT2D eigenvalue weighted by Gasteiger charge is 2.46. The molecule has 1 aliphatic carbocycles. The van der Waals surface area contributed by atoms with E-state index in [2.05, 4.69) is 229 Å². The Labute approximate surface area is 337 Å². The maximum atomic E-state index is 2.47. The molecule has 0 saturated carbocycles. The number of hydrogen-bond acceptors (Lipinski definition) is 2. The number of rotatable bonds is 7. The van der Waals surface area contributed by atoms with Crippen LogP contribution < -0.4 is 4.90 Å². The zero-order chi connectivity index (χ0) is 37.8. The van der Waals surface area contributed by atoms with Gasteiger partial charge in [-0.25, -0.2) is 0 Å². The van der Waals surface area contributed by atoms with E-state index in [1.165, 1.54) is 75.8 Å². The van der Waals surface area contributed by atoms with Gasteiger partial charge in [-0.15, -0.1) is 11.3 Å². The van der Waals surface area contributed by atoms with Crippen LogP contribution in [0, 0.1) is 0 Å². The summed E-state index contributed by atoms with van der Waals surface area (Å²) >= 11 is 1.91. The van der Waals surface area contributed by atoms with Crippen molar-refractivity contribution in [3.63, 3.8) is 0 Å². The third-order valence-electron chi connectivity index (χ3n) is 11.8. The molecule has 268 valence electrons. The third-order valence-corrected chi connectivity index (χ3v) is 13.0. The van der Waals surface area contributed by atoms with Crippen LogP contribution in [-0.2, 0) is 5.41 Å². The molecule has 10 aromatic rings. The summed E-state index contributed by atoms with van der Waals surface area (Å²) in [6.07, 6.45) is 0. The summed E-state index contributed by atoms with van der Waals surface area (Å²) in [5.74, 6) is 0. The van der Waals surface area contributed by atoms with Crippen LogP contribution >= 0.6 is 11.3 Å². The van der Waals surface area contributed by atoms with Gasteiger partial charge in [0.1, 0.15) is 0 Å². The first-order valence-corrected chi connectivity index (χ1v) is 20.4. The second-order valence-electron chi connectivity index (χ2n) is 14.8. The molecule has 1 heterocycles. The molecule has 0 radical (unpaired) electrons. The zero-order valence-corrected chi connectivity index (χ0v) is 32.0. The topological polar surface area (TPSA) is 3.24 Å². The van der Waals surface area contributed by atoms with E-state index < -0.39 is 5.41 Å². The number of hydrogen-bond donors (Lipinski definition) is 0. The van der Waals surface area contributed by atoms with Crippen LogP contribution in [0.2, 0.25) is 0 Å². The molecule has 1 aliphatic rings. The Balaban J connectivity index is 1.05. The van der Waals surface area contributed by atoms with E-state index in [1.807, 2.05) is 11.3 Å². The van der Waals surface area contributed by atoms with E-state index in [-0.39, 0.29) is 0 Å². The molecule has 0 spiro atoms. The van der Waals surface area contributed by atoms with Gasteiger partial charge in [-0.2, -0.15) is 0 Å². The molecule has 0 fully saturated rings. The van der Waals surface area contributed by atoms with Crippen LogP contribution in [0.15, 0.2) is 224 Å². The largest absolute Gasteiger partial charge is 0.310 e. The minimum atomic E-state index is -0.420. The molecule has 11 rings (SSSR count). The van der Waals surface area contributed by atoms with Crippen molar-refractivity contribution < 1.29 is 0 Å². The van der Waals surface area contributed by atoms with Gasteiger partial charge in [-0.1, -0.05) is 182 Å². The van der Waals surface area contributed by atoms with Crippen LogP contribution in [0.5, 0.6) is 0 Å². The number of benzene rings is 9. The Kier molecular flexibility index (Phi) is 7.98. The van der Waals surface area contributed by atoms with Crippen molar-refractivity contribution in [2.45, 2.75) is 5.41 Å². The molecule has 0 aliphatic heterocycles. The Morgan fingerprint density at radius 2 is 0.877 bits per heavy atom. The molecule has 1 nitrogen and oxygen atoms in total. The molecule has 0 amide bonds. The van der Waals surface area contributed by atoms with E-state index in [9.17, 15) is 0 Å². The molecule has 2 heteroatoms. The summed E-state index contributed by atoms with van der Waals surface area (Å²) < 4.78 is 2.61. The lowest BCUT2D eigenvalue weighted by atomic mass is 9.67. The monoisotopic (exact) mass is 743 g/mol. The quantitative estimate of drug-likeness (QED) is 0.157. The lowest BCUT2D eigenvalue weighted by Crippen LogP contribution is -2.28. The van der Waals surface area contributed by atoms with Crippen LogP contribution in [0.4, 0.5) is 17.1 Å². The molecule has 0 bridgehead atoms. The van der Waals surface area contributed by atoms with Crippen LogP contribution in [0.3, 0.4) is 0 Å². The smallest absolute Gasteiger partial charge is 0.0714 e. The predicted octanol–water partition coefficient (Wildman–Crippen LogP) is 15.2. The van der Waals surface area contributed by atoms with E-state index in [1.54, 1.807) is 0 Å². The average molecular weight is 744 g/mol. The van der Waals surface area contributed by atoms with E-state index >= 15 is 0 Å². The second kappa shape index (κ2) is 13.6. The van der Waals surface area contributed by atoms with Crippen molar-refractivity contribution in [1.29, 1.82) is 0 Å². The number of fused-ring (bicyclic) bond motifs is 6. The van der Waals surface area contributed by atoms with Crippen molar-refractivity contribution in [3.8, 4) is 33.4 Å². The Morgan fingerprint density at radius 3 is 1.60 bits per heavy atom. The molecule has 0 unspecified atom stereocenters. The van der Waals surface area contributed by atoms with Crippen LogP contribution in [0.1, 0.15) is 22.3 Å². The summed E-state index contributed by atoms with van der Waals surface area (Å²) in [4.78, 5) is 2.36. The number of anilines is 3. The summed E-state index contributed by atoms with van der Waals surface area (Å²) in [7, 11) is 0. The fourth-order valence-electron chi connectivity index (χ4n) is 9.24. The number of nitrogens with zero attached hydrogens (tertiary/aromatic N) is 1. The van der Waals surface area contributed by atoms with Gasteiger partial charge < -0.3 is 4.90 Å². The fraction of sp³-hybridized carbons (Fsp3) is 0.0182. The van der Waals surface area contributed by atoms with Gasteiger partial charge in [-0.3, -0.25) is 0 Å². The summed E-state index contributed by atoms with van der Waals surface area (Å²) in [6, 6.07) is 82.3.